The molecule has 3 rings (SSSR count). The molecule has 0 N–H and O–H groups in total. The van der Waals surface area contributed by atoms with Crippen molar-refractivity contribution in [3.63, 3.8) is 0 Å². The number of carbonyl (C=O) groups is 1. The van der Waals surface area contributed by atoms with Crippen molar-refractivity contribution in [3.8, 4) is 5.75 Å². The number of hydrogen-bond acceptors (Lipinski definition) is 3. The topological polar surface area (TPSA) is 38.8 Å². The predicted octanol–water partition coefficient (Wildman–Crippen LogP) is 4.45. The fourth-order valence-corrected chi connectivity index (χ4v) is 2.76. The number of nitrogens with zero attached hydrogens (tertiary/aromatic N) is 1. The van der Waals surface area contributed by atoms with E-state index in [0.29, 0.717) is 13.2 Å². The Morgan fingerprint density at radius 1 is 0.815 bits per heavy atom. The van der Waals surface area contributed by atoms with Gasteiger partial charge in [-0.1, -0.05) is 60.7 Å². The van der Waals surface area contributed by atoms with Gasteiger partial charge in [0, 0.05) is 5.69 Å². The van der Waals surface area contributed by atoms with E-state index >= 15 is 0 Å². The molecule has 0 radical (unpaired) electrons. The summed E-state index contributed by atoms with van der Waals surface area (Å²) in [5.41, 5.74) is 2.92. The molecule has 3 aromatic rings. The fourth-order valence-electron chi connectivity index (χ4n) is 2.76. The second kappa shape index (κ2) is 9.55. The summed E-state index contributed by atoms with van der Waals surface area (Å²) in [6.45, 7) is 0.919. The van der Waals surface area contributed by atoms with Crippen molar-refractivity contribution < 1.29 is 14.3 Å². The second-order valence-electron chi connectivity index (χ2n) is 6.14. The summed E-state index contributed by atoms with van der Waals surface area (Å²) in [7, 11) is 1.62. The molecule has 3 aromatic carbocycles. The number of amides is 1. The number of hydrogen-bond donors (Lipinski definition) is 0. The third kappa shape index (κ3) is 5.43. The van der Waals surface area contributed by atoms with Crippen molar-refractivity contribution >= 4 is 11.6 Å². The molecule has 0 bridgehead atoms. The number of benzene rings is 3. The van der Waals surface area contributed by atoms with E-state index in [2.05, 4.69) is 0 Å². The molecule has 0 aliphatic heterocycles. The maximum Gasteiger partial charge on any atom is 0.253 e. The van der Waals surface area contributed by atoms with Gasteiger partial charge in [0.15, 0.2) is 0 Å². The molecule has 0 aromatic heterocycles. The van der Waals surface area contributed by atoms with E-state index < -0.39 is 0 Å². The largest absolute Gasteiger partial charge is 0.497 e. The van der Waals surface area contributed by atoms with E-state index in [9.17, 15) is 4.79 Å². The molecule has 0 saturated carbocycles. The van der Waals surface area contributed by atoms with Crippen LogP contribution in [0.25, 0.3) is 0 Å². The Balaban J connectivity index is 1.70. The van der Waals surface area contributed by atoms with Crippen molar-refractivity contribution in [3.05, 3.63) is 96.1 Å². The lowest BCUT2D eigenvalue weighted by atomic mass is 10.2. The van der Waals surface area contributed by atoms with Crippen molar-refractivity contribution in [1.29, 1.82) is 0 Å². The zero-order chi connectivity index (χ0) is 18.9. The van der Waals surface area contributed by atoms with Gasteiger partial charge in [-0.3, -0.25) is 4.79 Å². The van der Waals surface area contributed by atoms with Gasteiger partial charge < -0.3 is 14.4 Å². The molecule has 0 saturated heterocycles. The van der Waals surface area contributed by atoms with Crippen LogP contribution in [0.1, 0.15) is 11.1 Å². The van der Waals surface area contributed by atoms with Crippen LogP contribution in [0.4, 0.5) is 5.69 Å². The first-order valence-electron chi connectivity index (χ1n) is 8.86. The number of methoxy groups -OCH3 is 1. The molecule has 0 heterocycles. The first-order chi connectivity index (χ1) is 13.3. The molecular formula is C23H23NO3. The van der Waals surface area contributed by atoms with Crippen molar-refractivity contribution in [2.45, 2.75) is 13.2 Å². The van der Waals surface area contributed by atoms with E-state index in [-0.39, 0.29) is 12.5 Å². The Kier molecular flexibility index (Phi) is 6.61. The molecule has 1 amide bonds. The zero-order valence-corrected chi connectivity index (χ0v) is 15.4. The van der Waals surface area contributed by atoms with E-state index in [4.69, 9.17) is 9.47 Å². The molecule has 138 valence electrons. The van der Waals surface area contributed by atoms with E-state index in [1.165, 1.54) is 0 Å². The first-order valence-corrected chi connectivity index (χ1v) is 8.86. The summed E-state index contributed by atoms with van der Waals surface area (Å²) in [5.74, 6) is 0.672. The standard InChI is InChI=1S/C23H23NO3/c1-26-22-14-12-21(13-15-22)24(16-19-8-4-2-5-9-19)23(25)18-27-17-20-10-6-3-7-11-20/h2-15H,16-18H2,1H3. The maximum atomic E-state index is 12.9. The summed E-state index contributed by atoms with van der Waals surface area (Å²) in [6.07, 6.45) is 0. The molecule has 0 unspecified atom stereocenters. The third-order valence-electron chi connectivity index (χ3n) is 4.21. The molecule has 0 aliphatic carbocycles. The van der Waals surface area contributed by atoms with Crippen LogP contribution in [-0.4, -0.2) is 19.6 Å². The Hall–Kier alpha value is -3.11. The number of rotatable bonds is 8. The van der Waals surface area contributed by atoms with Gasteiger partial charge in [-0.25, -0.2) is 0 Å². The van der Waals surface area contributed by atoms with Crippen LogP contribution in [0.5, 0.6) is 5.75 Å². The van der Waals surface area contributed by atoms with Crippen molar-refractivity contribution in [2.24, 2.45) is 0 Å². The molecule has 4 heteroatoms. The minimum absolute atomic E-state index is 0.0216. The van der Waals surface area contributed by atoms with Gasteiger partial charge in [0.05, 0.1) is 20.3 Å². The van der Waals surface area contributed by atoms with Crippen LogP contribution < -0.4 is 9.64 Å². The predicted molar refractivity (Wildman–Crippen MR) is 107 cm³/mol. The molecule has 0 fully saturated rings. The average Bonchev–Trinajstić information content (AvgIpc) is 2.73. The van der Waals surface area contributed by atoms with Gasteiger partial charge in [0.2, 0.25) is 0 Å². The summed E-state index contributed by atoms with van der Waals surface area (Å²) < 4.78 is 10.9. The van der Waals surface area contributed by atoms with Crippen LogP contribution in [0.3, 0.4) is 0 Å². The van der Waals surface area contributed by atoms with Crippen molar-refractivity contribution in [1.82, 2.24) is 0 Å². The highest BCUT2D eigenvalue weighted by atomic mass is 16.5. The van der Waals surface area contributed by atoms with Gasteiger partial charge in [0.1, 0.15) is 12.4 Å². The highest BCUT2D eigenvalue weighted by molar-refractivity contribution is 5.94. The van der Waals surface area contributed by atoms with Gasteiger partial charge in [-0.15, -0.1) is 0 Å². The minimum atomic E-state index is -0.0834. The van der Waals surface area contributed by atoms with Crippen molar-refractivity contribution in [2.75, 3.05) is 18.6 Å². The van der Waals surface area contributed by atoms with E-state index in [1.807, 2.05) is 84.9 Å². The summed E-state index contributed by atoms with van der Waals surface area (Å²) >= 11 is 0. The molecule has 4 nitrogen and oxygen atoms in total. The summed E-state index contributed by atoms with van der Waals surface area (Å²) in [4.78, 5) is 14.6. The Labute approximate surface area is 160 Å². The van der Waals surface area contributed by atoms with Gasteiger partial charge >= 0.3 is 0 Å². The number of anilines is 1. The summed E-state index contributed by atoms with van der Waals surface area (Å²) in [5, 5.41) is 0. The smallest absolute Gasteiger partial charge is 0.253 e. The lowest BCUT2D eigenvalue weighted by molar-refractivity contribution is -0.123. The SMILES string of the molecule is COc1ccc(N(Cc2ccccc2)C(=O)COCc2ccccc2)cc1. The zero-order valence-electron chi connectivity index (χ0n) is 15.4. The van der Waals surface area contributed by atoms with Gasteiger partial charge in [0.25, 0.3) is 5.91 Å². The third-order valence-corrected chi connectivity index (χ3v) is 4.21. The van der Waals surface area contributed by atoms with Crippen LogP contribution in [0.15, 0.2) is 84.9 Å². The van der Waals surface area contributed by atoms with Crippen LogP contribution in [0.2, 0.25) is 0 Å². The molecule has 0 aliphatic rings. The van der Waals surface area contributed by atoms with Crippen LogP contribution in [-0.2, 0) is 22.7 Å². The van der Waals surface area contributed by atoms with E-state index in [0.717, 1.165) is 22.6 Å². The molecule has 0 atom stereocenters. The highest BCUT2D eigenvalue weighted by Crippen LogP contribution is 2.21. The van der Waals surface area contributed by atoms with Crippen LogP contribution >= 0.6 is 0 Å². The lowest BCUT2D eigenvalue weighted by Gasteiger charge is -2.23. The second-order valence-corrected chi connectivity index (χ2v) is 6.14. The van der Waals surface area contributed by atoms with E-state index in [1.54, 1.807) is 12.0 Å². The minimum Gasteiger partial charge on any atom is -0.497 e. The average molecular weight is 361 g/mol. The van der Waals surface area contributed by atoms with Gasteiger partial charge in [-0.05, 0) is 35.4 Å². The molecular weight excluding hydrogens is 338 g/mol. The first kappa shape index (κ1) is 18.7. The Morgan fingerprint density at radius 3 is 2.00 bits per heavy atom. The normalized spacial score (nSPS) is 10.4. The Bertz CT molecular complexity index is 833. The molecule has 0 spiro atoms. The van der Waals surface area contributed by atoms with Crippen LogP contribution in [0, 0.1) is 0 Å². The highest BCUT2D eigenvalue weighted by Gasteiger charge is 2.16. The number of ether oxygens (including phenoxy) is 2. The number of carbonyl (C=O) groups excluding carboxylic acids is 1. The van der Waals surface area contributed by atoms with Gasteiger partial charge in [-0.2, -0.15) is 0 Å². The fraction of sp³-hybridized carbons (Fsp3) is 0.174. The maximum absolute atomic E-state index is 12.9. The Morgan fingerprint density at radius 2 is 1.41 bits per heavy atom. The monoisotopic (exact) mass is 361 g/mol. The quantitative estimate of drug-likeness (QED) is 0.595. The molecule has 27 heavy (non-hydrogen) atoms. The summed E-state index contributed by atoms with van der Waals surface area (Å²) in [6, 6.07) is 27.2. The lowest BCUT2D eigenvalue weighted by Crippen LogP contribution is -2.33.